The fourth-order valence-corrected chi connectivity index (χ4v) is 3.21. The zero-order chi connectivity index (χ0) is 15.1. The Morgan fingerprint density at radius 3 is 2.95 bits per heavy atom. The van der Waals surface area contributed by atoms with E-state index < -0.39 is 6.10 Å². The maximum atomic E-state index is 9.91. The van der Waals surface area contributed by atoms with Gasteiger partial charge in [0, 0.05) is 6.54 Å². The minimum absolute atomic E-state index is 0.285. The van der Waals surface area contributed by atoms with E-state index >= 15 is 0 Å². The highest BCUT2D eigenvalue weighted by Gasteiger charge is 2.07. The molecule has 2 N–H and O–H groups in total. The molecule has 1 unspecified atom stereocenters. The summed E-state index contributed by atoms with van der Waals surface area (Å²) in [5.74, 6) is 0.762. The Hall–Kier alpha value is -0.880. The molecule has 21 heavy (non-hydrogen) atoms. The van der Waals surface area contributed by atoms with Crippen LogP contribution in [0.25, 0.3) is 0 Å². The molecule has 0 spiro atoms. The summed E-state index contributed by atoms with van der Waals surface area (Å²) >= 11 is 5.17. The second-order valence-corrected chi connectivity index (χ2v) is 6.62. The fraction of sp³-hybridized carbons (Fsp3) is 0.375. The molecule has 0 aliphatic heterocycles. The maximum absolute atomic E-state index is 9.91. The van der Waals surface area contributed by atoms with Gasteiger partial charge >= 0.3 is 0 Å². The number of aliphatic hydroxyl groups is 1. The van der Waals surface area contributed by atoms with E-state index in [9.17, 15) is 5.11 Å². The summed E-state index contributed by atoms with van der Waals surface area (Å²) in [5.41, 5.74) is 2.51. The first-order valence-electron chi connectivity index (χ1n) is 6.94. The molecule has 3 nitrogen and oxygen atoms in total. The molecule has 1 aromatic carbocycles. The molecule has 0 amide bonds. The van der Waals surface area contributed by atoms with Crippen LogP contribution in [0.1, 0.15) is 11.1 Å². The smallest absolute Gasteiger partial charge is 0.133 e. The number of hydrogen-bond donors (Lipinski definition) is 2. The van der Waals surface area contributed by atoms with Gasteiger partial charge < -0.3 is 15.2 Å². The van der Waals surface area contributed by atoms with Crippen molar-refractivity contribution in [1.82, 2.24) is 5.32 Å². The van der Waals surface area contributed by atoms with Gasteiger partial charge in [-0.15, -0.1) is 0 Å². The van der Waals surface area contributed by atoms with Gasteiger partial charge in [0.1, 0.15) is 18.5 Å². The van der Waals surface area contributed by atoms with Crippen molar-refractivity contribution in [3.63, 3.8) is 0 Å². The molecular weight excluding hydrogens is 350 g/mol. The van der Waals surface area contributed by atoms with E-state index in [0.717, 1.165) is 23.2 Å². The number of ether oxygens (including phenoxy) is 1. The SMILES string of the molecule is Cc1ccc(OCC(O)CNCCc2ccsc2)c(Br)c1. The van der Waals surface area contributed by atoms with Crippen LogP contribution >= 0.6 is 27.3 Å². The van der Waals surface area contributed by atoms with Gasteiger partial charge in [-0.05, 0) is 75.9 Å². The quantitative estimate of drug-likeness (QED) is 0.700. The fourth-order valence-electron chi connectivity index (χ4n) is 1.90. The first kappa shape index (κ1) is 16.5. The molecule has 2 aromatic rings. The van der Waals surface area contributed by atoms with Crippen LogP contribution in [0.15, 0.2) is 39.5 Å². The summed E-state index contributed by atoms with van der Waals surface area (Å²) in [6.45, 7) is 3.71. The first-order valence-corrected chi connectivity index (χ1v) is 8.67. The predicted octanol–water partition coefficient (Wildman–Crippen LogP) is 3.39. The Kier molecular flexibility index (Phi) is 6.70. The lowest BCUT2D eigenvalue weighted by Gasteiger charge is -2.14. The molecule has 0 radical (unpaired) electrons. The maximum Gasteiger partial charge on any atom is 0.133 e. The zero-order valence-corrected chi connectivity index (χ0v) is 14.4. The lowest BCUT2D eigenvalue weighted by molar-refractivity contribution is 0.106. The van der Waals surface area contributed by atoms with Gasteiger partial charge in [-0.25, -0.2) is 0 Å². The Morgan fingerprint density at radius 1 is 1.38 bits per heavy atom. The molecule has 0 saturated carbocycles. The van der Waals surface area contributed by atoms with Crippen molar-refractivity contribution in [2.45, 2.75) is 19.4 Å². The van der Waals surface area contributed by atoms with Gasteiger partial charge in [-0.2, -0.15) is 11.3 Å². The third-order valence-electron chi connectivity index (χ3n) is 3.07. The van der Waals surface area contributed by atoms with E-state index in [0.29, 0.717) is 6.54 Å². The van der Waals surface area contributed by atoms with Crippen LogP contribution < -0.4 is 10.1 Å². The van der Waals surface area contributed by atoms with Crippen molar-refractivity contribution < 1.29 is 9.84 Å². The van der Waals surface area contributed by atoms with Gasteiger partial charge in [0.2, 0.25) is 0 Å². The Morgan fingerprint density at radius 2 is 2.24 bits per heavy atom. The van der Waals surface area contributed by atoms with Crippen molar-refractivity contribution in [3.05, 3.63) is 50.6 Å². The molecule has 0 fully saturated rings. The predicted molar refractivity (Wildman–Crippen MR) is 91.3 cm³/mol. The van der Waals surface area contributed by atoms with Crippen LogP contribution in [0.3, 0.4) is 0 Å². The van der Waals surface area contributed by atoms with Crippen LogP contribution in [-0.2, 0) is 6.42 Å². The van der Waals surface area contributed by atoms with Gasteiger partial charge in [0.05, 0.1) is 4.47 Å². The van der Waals surface area contributed by atoms with Crippen molar-refractivity contribution in [1.29, 1.82) is 0 Å². The topological polar surface area (TPSA) is 41.5 Å². The third-order valence-corrected chi connectivity index (χ3v) is 4.42. The van der Waals surface area contributed by atoms with Crippen molar-refractivity contribution in [2.75, 3.05) is 19.7 Å². The highest BCUT2D eigenvalue weighted by Crippen LogP contribution is 2.25. The van der Waals surface area contributed by atoms with E-state index in [4.69, 9.17) is 4.74 Å². The Labute approximate surface area is 138 Å². The number of rotatable bonds is 8. The summed E-state index contributed by atoms with van der Waals surface area (Å²) in [7, 11) is 0. The monoisotopic (exact) mass is 369 g/mol. The number of thiophene rings is 1. The number of aryl methyl sites for hydroxylation is 1. The number of aliphatic hydroxyl groups excluding tert-OH is 1. The van der Waals surface area contributed by atoms with E-state index in [1.165, 1.54) is 11.1 Å². The van der Waals surface area contributed by atoms with Crippen LogP contribution in [0, 0.1) is 6.92 Å². The summed E-state index contributed by atoms with van der Waals surface area (Å²) < 4.78 is 6.54. The van der Waals surface area contributed by atoms with Crippen molar-refractivity contribution in [3.8, 4) is 5.75 Å². The molecule has 1 atom stereocenters. The summed E-state index contributed by atoms with van der Waals surface area (Å²) in [6, 6.07) is 8.03. The van der Waals surface area contributed by atoms with Crippen molar-refractivity contribution >= 4 is 27.3 Å². The molecule has 0 aliphatic carbocycles. The lowest BCUT2D eigenvalue weighted by Crippen LogP contribution is -2.32. The normalized spacial score (nSPS) is 12.3. The third kappa shape index (κ3) is 5.79. The second kappa shape index (κ2) is 8.54. The number of nitrogens with one attached hydrogen (secondary N) is 1. The molecule has 0 saturated heterocycles. The summed E-state index contributed by atoms with van der Waals surface area (Å²) in [5, 5.41) is 17.4. The minimum atomic E-state index is -0.513. The number of benzene rings is 1. The van der Waals surface area contributed by atoms with Gasteiger partial charge in [-0.3, -0.25) is 0 Å². The van der Waals surface area contributed by atoms with Gasteiger partial charge in [0.25, 0.3) is 0 Å². The van der Waals surface area contributed by atoms with Gasteiger partial charge in [0.15, 0.2) is 0 Å². The van der Waals surface area contributed by atoms with Crippen LogP contribution in [-0.4, -0.2) is 30.9 Å². The van der Waals surface area contributed by atoms with Gasteiger partial charge in [-0.1, -0.05) is 6.07 Å². The highest BCUT2D eigenvalue weighted by atomic mass is 79.9. The lowest BCUT2D eigenvalue weighted by atomic mass is 10.2. The summed E-state index contributed by atoms with van der Waals surface area (Å²) in [4.78, 5) is 0. The van der Waals surface area contributed by atoms with Crippen LogP contribution in [0.5, 0.6) is 5.75 Å². The highest BCUT2D eigenvalue weighted by molar-refractivity contribution is 9.10. The molecule has 1 aromatic heterocycles. The average Bonchev–Trinajstić information content (AvgIpc) is 2.96. The Balaban J connectivity index is 1.64. The second-order valence-electron chi connectivity index (χ2n) is 4.98. The minimum Gasteiger partial charge on any atom is -0.490 e. The number of hydrogen-bond acceptors (Lipinski definition) is 4. The summed E-state index contributed by atoms with van der Waals surface area (Å²) in [6.07, 6.45) is 0.473. The largest absolute Gasteiger partial charge is 0.490 e. The molecule has 5 heteroatoms. The molecule has 0 aliphatic rings. The van der Waals surface area contributed by atoms with E-state index in [1.807, 2.05) is 25.1 Å². The standard InChI is InChI=1S/C16H20BrNO2S/c1-12-2-3-16(15(17)8-12)20-10-14(19)9-18-6-4-13-5-7-21-11-13/h2-3,5,7-8,11,14,18-19H,4,6,9-10H2,1H3. The number of halogens is 1. The molecule has 0 bridgehead atoms. The zero-order valence-electron chi connectivity index (χ0n) is 12.0. The molecule has 2 rings (SSSR count). The van der Waals surface area contributed by atoms with Crippen LogP contribution in [0.2, 0.25) is 0 Å². The van der Waals surface area contributed by atoms with Crippen molar-refractivity contribution in [2.24, 2.45) is 0 Å². The van der Waals surface area contributed by atoms with E-state index in [-0.39, 0.29) is 6.61 Å². The first-order chi connectivity index (χ1) is 10.1. The molecule has 114 valence electrons. The molecule has 1 heterocycles. The van der Waals surface area contributed by atoms with E-state index in [1.54, 1.807) is 11.3 Å². The molecular formula is C16H20BrNO2S. The van der Waals surface area contributed by atoms with Crippen LogP contribution in [0.4, 0.5) is 0 Å². The van der Waals surface area contributed by atoms with E-state index in [2.05, 4.69) is 38.1 Å². The average molecular weight is 370 g/mol. The Bertz CT molecular complexity index is 545.